The van der Waals surface area contributed by atoms with Gasteiger partial charge in [-0.1, -0.05) is 0 Å². The maximum atomic E-state index is 12.4. The van der Waals surface area contributed by atoms with Gasteiger partial charge in [0, 0.05) is 43.2 Å². The lowest BCUT2D eigenvalue weighted by Crippen LogP contribution is -2.37. The summed E-state index contributed by atoms with van der Waals surface area (Å²) in [5, 5.41) is 1.04. The van der Waals surface area contributed by atoms with Gasteiger partial charge in [0.05, 0.1) is 23.7 Å². The Labute approximate surface area is 157 Å². The molecule has 0 spiro atoms. The van der Waals surface area contributed by atoms with E-state index in [1.807, 2.05) is 6.07 Å². The molecule has 27 heavy (non-hydrogen) atoms. The lowest BCUT2D eigenvalue weighted by atomic mass is 9.96. The van der Waals surface area contributed by atoms with Crippen molar-refractivity contribution < 1.29 is 0 Å². The first-order valence-corrected chi connectivity index (χ1v) is 9.64. The van der Waals surface area contributed by atoms with E-state index in [2.05, 4.69) is 24.8 Å². The molecular weight excluding hydrogens is 340 g/mol. The third kappa shape index (κ3) is 3.29. The molecule has 1 saturated carbocycles. The highest BCUT2D eigenvalue weighted by Crippen LogP contribution is 2.38. The quantitative estimate of drug-likeness (QED) is 0.709. The topological polar surface area (TPSA) is 76.8 Å². The van der Waals surface area contributed by atoms with Gasteiger partial charge in [0.25, 0.3) is 5.56 Å². The van der Waals surface area contributed by atoms with Crippen molar-refractivity contribution in [3.63, 3.8) is 0 Å². The van der Waals surface area contributed by atoms with Crippen LogP contribution in [0.15, 0.2) is 42.0 Å². The van der Waals surface area contributed by atoms with Crippen LogP contribution < -0.4 is 10.5 Å². The number of rotatable bonds is 4. The van der Waals surface area contributed by atoms with Gasteiger partial charge in [-0.15, -0.1) is 0 Å². The lowest BCUT2D eigenvalue weighted by molar-refractivity contribution is 0.350. The zero-order valence-electron chi connectivity index (χ0n) is 15.2. The van der Waals surface area contributed by atoms with Gasteiger partial charge in [-0.25, -0.2) is 15.0 Å². The molecule has 0 bridgehead atoms. The Kier molecular flexibility index (Phi) is 4.07. The summed E-state index contributed by atoms with van der Waals surface area (Å²) in [6.07, 6.45) is 11.3. The number of fused-ring (bicyclic) bond motifs is 1. The summed E-state index contributed by atoms with van der Waals surface area (Å²) < 4.78 is 1.78. The Balaban J connectivity index is 1.27. The molecule has 1 saturated heterocycles. The first-order chi connectivity index (χ1) is 13.3. The van der Waals surface area contributed by atoms with E-state index >= 15 is 0 Å². The Morgan fingerprint density at radius 1 is 1.07 bits per heavy atom. The minimum absolute atomic E-state index is 0.0867. The van der Waals surface area contributed by atoms with Gasteiger partial charge in [-0.3, -0.25) is 14.3 Å². The van der Waals surface area contributed by atoms with Crippen LogP contribution in [0.25, 0.3) is 10.9 Å². The Morgan fingerprint density at radius 2 is 1.93 bits per heavy atom. The van der Waals surface area contributed by atoms with Gasteiger partial charge in [-0.2, -0.15) is 0 Å². The molecule has 4 heterocycles. The minimum Gasteiger partial charge on any atom is -0.356 e. The third-order valence-corrected chi connectivity index (χ3v) is 5.68. The van der Waals surface area contributed by atoms with Crippen molar-refractivity contribution in [2.24, 2.45) is 5.92 Å². The van der Waals surface area contributed by atoms with Gasteiger partial charge in [0.2, 0.25) is 0 Å². The number of hydrogen-bond donors (Lipinski definition) is 0. The highest BCUT2D eigenvalue weighted by Gasteiger charge is 2.26. The van der Waals surface area contributed by atoms with E-state index in [0.29, 0.717) is 11.8 Å². The van der Waals surface area contributed by atoms with Crippen molar-refractivity contribution >= 4 is 16.7 Å². The van der Waals surface area contributed by atoms with E-state index in [4.69, 9.17) is 0 Å². The van der Waals surface area contributed by atoms with Crippen LogP contribution in [0.3, 0.4) is 0 Å². The summed E-state index contributed by atoms with van der Waals surface area (Å²) in [5.74, 6) is 1.99. The molecule has 1 aliphatic carbocycles. The van der Waals surface area contributed by atoms with Crippen molar-refractivity contribution in [3.8, 4) is 0 Å². The van der Waals surface area contributed by atoms with Crippen molar-refractivity contribution in [1.29, 1.82) is 0 Å². The molecule has 7 heteroatoms. The number of piperidine rings is 1. The number of anilines is 1. The Morgan fingerprint density at radius 3 is 2.70 bits per heavy atom. The average Bonchev–Trinajstić information content (AvgIpc) is 3.55. The molecule has 7 nitrogen and oxygen atoms in total. The van der Waals surface area contributed by atoms with Gasteiger partial charge < -0.3 is 4.90 Å². The molecule has 0 radical (unpaired) electrons. The summed E-state index contributed by atoms with van der Waals surface area (Å²) in [4.78, 5) is 32.1. The molecule has 2 fully saturated rings. The molecule has 2 aliphatic rings. The Bertz CT molecular complexity index is 1010. The zero-order valence-corrected chi connectivity index (χ0v) is 15.2. The fourth-order valence-corrected chi connectivity index (χ4v) is 3.93. The van der Waals surface area contributed by atoms with Crippen LogP contribution in [0.4, 0.5) is 5.82 Å². The third-order valence-electron chi connectivity index (χ3n) is 5.68. The molecule has 5 rings (SSSR count). The summed E-state index contributed by atoms with van der Waals surface area (Å²) in [7, 11) is 0. The van der Waals surface area contributed by atoms with Gasteiger partial charge >= 0.3 is 0 Å². The molecule has 0 amide bonds. The second-order valence-corrected chi connectivity index (χ2v) is 7.60. The van der Waals surface area contributed by atoms with Gasteiger partial charge in [0.15, 0.2) is 0 Å². The van der Waals surface area contributed by atoms with Crippen LogP contribution in [0.2, 0.25) is 0 Å². The standard InChI is InChI=1S/C20H22N6O/c27-19-9-17(15-1-2-15)24-13-26(19)11-14-4-7-25(8-5-14)20-16-3-6-21-10-18(16)22-12-23-20/h3,6,9-10,12-15H,1-2,4-5,7-8,11H2. The molecule has 0 aromatic carbocycles. The second kappa shape index (κ2) is 6.72. The van der Waals surface area contributed by atoms with E-state index in [1.54, 1.807) is 35.7 Å². The van der Waals surface area contributed by atoms with E-state index < -0.39 is 0 Å². The van der Waals surface area contributed by atoms with Crippen molar-refractivity contribution in [1.82, 2.24) is 24.5 Å². The zero-order chi connectivity index (χ0) is 18.2. The predicted molar refractivity (Wildman–Crippen MR) is 103 cm³/mol. The van der Waals surface area contributed by atoms with Crippen LogP contribution in [0.1, 0.15) is 37.3 Å². The van der Waals surface area contributed by atoms with Gasteiger partial charge in [-0.05, 0) is 37.7 Å². The van der Waals surface area contributed by atoms with Crippen LogP contribution in [-0.2, 0) is 6.54 Å². The molecule has 3 aromatic heterocycles. The molecule has 138 valence electrons. The molecule has 3 aromatic rings. The highest BCUT2D eigenvalue weighted by molar-refractivity contribution is 5.88. The van der Waals surface area contributed by atoms with E-state index in [1.165, 1.54) is 12.8 Å². The number of aromatic nitrogens is 5. The number of pyridine rings is 1. The van der Waals surface area contributed by atoms with Crippen LogP contribution in [-0.4, -0.2) is 37.6 Å². The maximum Gasteiger partial charge on any atom is 0.253 e. The molecule has 1 aliphatic heterocycles. The van der Waals surface area contributed by atoms with E-state index in [0.717, 1.165) is 54.9 Å². The molecule has 0 atom stereocenters. The molecule has 0 unspecified atom stereocenters. The monoisotopic (exact) mass is 362 g/mol. The fourth-order valence-electron chi connectivity index (χ4n) is 3.93. The highest BCUT2D eigenvalue weighted by atomic mass is 16.1. The summed E-state index contributed by atoms with van der Waals surface area (Å²) in [6, 6.07) is 3.71. The van der Waals surface area contributed by atoms with E-state index in [9.17, 15) is 4.79 Å². The van der Waals surface area contributed by atoms with Crippen LogP contribution in [0, 0.1) is 5.92 Å². The molecular formula is C20H22N6O. The fraction of sp³-hybridized carbons (Fsp3) is 0.450. The lowest BCUT2D eigenvalue weighted by Gasteiger charge is -2.33. The predicted octanol–water partition coefficient (Wildman–Crippen LogP) is 2.38. The smallest absolute Gasteiger partial charge is 0.253 e. The normalized spacial score (nSPS) is 18.1. The largest absolute Gasteiger partial charge is 0.356 e. The first kappa shape index (κ1) is 16.4. The SMILES string of the molecule is O=c1cc(C2CC2)ncn1CC1CCN(c2ncnc3cnccc23)CC1. The van der Waals surface area contributed by atoms with E-state index in [-0.39, 0.29) is 5.56 Å². The minimum atomic E-state index is 0.0867. The summed E-state index contributed by atoms with van der Waals surface area (Å²) in [6.45, 7) is 2.61. The summed E-state index contributed by atoms with van der Waals surface area (Å²) >= 11 is 0. The van der Waals surface area contributed by atoms with Crippen LogP contribution >= 0.6 is 0 Å². The number of hydrogen-bond acceptors (Lipinski definition) is 6. The second-order valence-electron chi connectivity index (χ2n) is 7.60. The van der Waals surface area contributed by atoms with Gasteiger partial charge in [0.1, 0.15) is 12.1 Å². The first-order valence-electron chi connectivity index (χ1n) is 9.64. The van der Waals surface area contributed by atoms with Crippen molar-refractivity contribution in [2.45, 2.75) is 38.1 Å². The van der Waals surface area contributed by atoms with Crippen molar-refractivity contribution in [3.05, 3.63) is 53.2 Å². The summed E-state index contributed by atoms with van der Waals surface area (Å²) in [5.41, 5.74) is 1.93. The average molecular weight is 362 g/mol. The number of nitrogens with zero attached hydrogens (tertiary/aromatic N) is 6. The maximum absolute atomic E-state index is 12.4. The Hall–Kier alpha value is -2.83. The van der Waals surface area contributed by atoms with Crippen molar-refractivity contribution in [2.75, 3.05) is 18.0 Å². The van der Waals surface area contributed by atoms with Crippen LogP contribution in [0.5, 0.6) is 0 Å². The molecule has 0 N–H and O–H groups in total.